The molecule has 0 heterocycles. The van der Waals surface area contributed by atoms with Gasteiger partial charge in [0.1, 0.15) is 10.0 Å². The first-order valence-corrected chi connectivity index (χ1v) is 4.95. The molecule has 0 radical (unpaired) electrons. The molecule has 0 unspecified atom stereocenters. The van der Waals surface area contributed by atoms with Crippen molar-refractivity contribution in [3.8, 4) is 11.5 Å². The Kier molecular flexibility index (Phi) is 4.08. The van der Waals surface area contributed by atoms with E-state index in [1.807, 2.05) is 0 Å². The van der Waals surface area contributed by atoms with E-state index in [9.17, 15) is 4.79 Å². The summed E-state index contributed by atoms with van der Waals surface area (Å²) in [4.78, 5) is 10.8. The van der Waals surface area contributed by atoms with Gasteiger partial charge in [-0.25, -0.2) is 0 Å². The van der Waals surface area contributed by atoms with Crippen LogP contribution in [0.4, 0.5) is 0 Å². The van der Waals surface area contributed by atoms with E-state index in [0.717, 1.165) is 0 Å². The van der Waals surface area contributed by atoms with E-state index in [-0.39, 0.29) is 32.1 Å². The Morgan fingerprint density at radius 1 is 0.933 bits per heavy atom. The third-order valence-electron chi connectivity index (χ3n) is 1.80. The van der Waals surface area contributed by atoms with Crippen LogP contribution in [0, 0.1) is 0 Å². The van der Waals surface area contributed by atoms with Gasteiger partial charge in [-0.05, 0) is 0 Å². The second-order valence-electron chi connectivity index (χ2n) is 2.54. The van der Waals surface area contributed by atoms with Gasteiger partial charge in [0.2, 0.25) is 0 Å². The van der Waals surface area contributed by atoms with Crippen molar-refractivity contribution in [1.82, 2.24) is 0 Å². The highest BCUT2D eigenvalue weighted by Gasteiger charge is 2.22. The van der Waals surface area contributed by atoms with Crippen LogP contribution in [0.25, 0.3) is 0 Å². The molecule has 0 spiro atoms. The average molecular weight is 270 g/mol. The number of carbonyl (C=O) groups excluding carboxylic acids is 1. The molecule has 1 aromatic rings. The van der Waals surface area contributed by atoms with Crippen molar-refractivity contribution in [3.05, 3.63) is 20.6 Å². The van der Waals surface area contributed by atoms with Crippen LogP contribution in [0.2, 0.25) is 15.1 Å². The Hall–Kier alpha value is -0.640. The summed E-state index contributed by atoms with van der Waals surface area (Å²) < 4.78 is 9.88. The first-order valence-electron chi connectivity index (χ1n) is 3.82. The zero-order chi connectivity index (χ0) is 11.6. The Morgan fingerprint density at radius 3 is 1.80 bits per heavy atom. The molecule has 15 heavy (non-hydrogen) atoms. The highest BCUT2D eigenvalue weighted by molar-refractivity contribution is 6.46. The van der Waals surface area contributed by atoms with Gasteiger partial charge in [-0.1, -0.05) is 34.8 Å². The topological polar surface area (TPSA) is 35.5 Å². The summed E-state index contributed by atoms with van der Waals surface area (Å²) >= 11 is 17.6. The van der Waals surface area contributed by atoms with Crippen LogP contribution >= 0.6 is 34.8 Å². The van der Waals surface area contributed by atoms with E-state index in [2.05, 4.69) is 0 Å². The molecule has 6 heteroatoms. The van der Waals surface area contributed by atoms with Gasteiger partial charge in [0.25, 0.3) is 0 Å². The standard InChI is InChI=1S/C9H7Cl3O3/c1-14-8-4(3-13)5(10)9(15-2)7(12)6(8)11/h3H,1-2H3. The van der Waals surface area contributed by atoms with Gasteiger partial charge in [-0.3, -0.25) is 4.79 Å². The number of rotatable bonds is 3. The lowest BCUT2D eigenvalue weighted by atomic mass is 10.2. The summed E-state index contributed by atoms with van der Waals surface area (Å²) in [6, 6.07) is 0. The minimum absolute atomic E-state index is 0.0822. The SMILES string of the molecule is COc1c(Cl)c(Cl)c(OC)c(C=O)c1Cl. The zero-order valence-corrected chi connectivity index (χ0v) is 10.2. The van der Waals surface area contributed by atoms with Gasteiger partial charge < -0.3 is 9.47 Å². The normalized spacial score (nSPS) is 9.93. The molecule has 82 valence electrons. The highest BCUT2D eigenvalue weighted by Crippen LogP contribution is 2.46. The maximum atomic E-state index is 10.8. The lowest BCUT2D eigenvalue weighted by molar-refractivity contribution is 0.112. The van der Waals surface area contributed by atoms with Gasteiger partial charge in [0, 0.05) is 0 Å². The minimum atomic E-state index is 0.0822. The van der Waals surface area contributed by atoms with Gasteiger partial charge in [-0.15, -0.1) is 0 Å². The van der Waals surface area contributed by atoms with Crippen molar-refractivity contribution < 1.29 is 14.3 Å². The summed E-state index contributed by atoms with van der Waals surface area (Å²) in [6.07, 6.45) is 0.534. The molecule has 0 aliphatic carbocycles. The molecule has 0 bridgehead atoms. The fourth-order valence-corrected chi connectivity index (χ4v) is 1.99. The van der Waals surface area contributed by atoms with E-state index >= 15 is 0 Å². The number of methoxy groups -OCH3 is 2. The van der Waals surface area contributed by atoms with Crippen molar-refractivity contribution in [1.29, 1.82) is 0 Å². The number of halogens is 3. The van der Waals surface area contributed by atoms with Gasteiger partial charge in [-0.2, -0.15) is 0 Å². The maximum Gasteiger partial charge on any atom is 0.158 e. The summed E-state index contributed by atoms with van der Waals surface area (Å²) in [5.74, 6) is 0.300. The molecule has 0 saturated carbocycles. The fourth-order valence-electron chi connectivity index (χ4n) is 1.12. The monoisotopic (exact) mass is 268 g/mol. The zero-order valence-electron chi connectivity index (χ0n) is 7.94. The Labute approximate surface area is 102 Å². The van der Waals surface area contributed by atoms with Crippen molar-refractivity contribution in [2.24, 2.45) is 0 Å². The van der Waals surface area contributed by atoms with E-state index in [1.54, 1.807) is 0 Å². The predicted molar refractivity (Wildman–Crippen MR) is 60.0 cm³/mol. The van der Waals surface area contributed by atoms with Crippen LogP contribution < -0.4 is 9.47 Å². The number of hydrogen-bond acceptors (Lipinski definition) is 3. The van der Waals surface area contributed by atoms with E-state index in [0.29, 0.717) is 6.29 Å². The van der Waals surface area contributed by atoms with Gasteiger partial charge in [0.15, 0.2) is 17.8 Å². The van der Waals surface area contributed by atoms with Crippen LogP contribution in [0.3, 0.4) is 0 Å². The largest absolute Gasteiger partial charge is 0.494 e. The summed E-state index contributed by atoms with van der Waals surface area (Å²) in [6.45, 7) is 0. The molecule has 3 nitrogen and oxygen atoms in total. The van der Waals surface area contributed by atoms with Crippen LogP contribution in [-0.2, 0) is 0 Å². The summed E-state index contributed by atoms with van der Waals surface area (Å²) in [5, 5.41) is 0.299. The van der Waals surface area contributed by atoms with Crippen LogP contribution in [0.1, 0.15) is 10.4 Å². The van der Waals surface area contributed by atoms with Crippen LogP contribution in [0.15, 0.2) is 0 Å². The maximum absolute atomic E-state index is 10.8. The van der Waals surface area contributed by atoms with E-state index < -0.39 is 0 Å². The molecule has 1 aromatic carbocycles. The van der Waals surface area contributed by atoms with Crippen molar-refractivity contribution in [2.75, 3.05) is 14.2 Å². The van der Waals surface area contributed by atoms with Crippen molar-refractivity contribution in [2.45, 2.75) is 0 Å². The Morgan fingerprint density at radius 2 is 1.40 bits per heavy atom. The Bertz CT molecular complexity index is 404. The van der Waals surface area contributed by atoms with Crippen LogP contribution in [0.5, 0.6) is 11.5 Å². The fraction of sp³-hybridized carbons (Fsp3) is 0.222. The first kappa shape index (κ1) is 12.4. The minimum Gasteiger partial charge on any atom is -0.494 e. The number of hydrogen-bond donors (Lipinski definition) is 0. The summed E-state index contributed by atoms with van der Waals surface area (Å²) in [5.41, 5.74) is 0.116. The molecular weight excluding hydrogens is 262 g/mol. The molecule has 0 aliphatic rings. The second-order valence-corrected chi connectivity index (χ2v) is 3.67. The highest BCUT2D eigenvalue weighted by atomic mass is 35.5. The first-order chi connectivity index (χ1) is 7.08. The third-order valence-corrected chi connectivity index (χ3v) is 2.99. The number of ether oxygens (including phenoxy) is 2. The third kappa shape index (κ3) is 2.00. The van der Waals surface area contributed by atoms with Gasteiger partial charge >= 0.3 is 0 Å². The molecule has 0 atom stereocenters. The molecule has 0 amide bonds. The molecule has 1 rings (SSSR count). The van der Waals surface area contributed by atoms with Gasteiger partial charge in [0.05, 0.1) is 24.8 Å². The predicted octanol–water partition coefficient (Wildman–Crippen LogP) is 3.48. The van der Waals surface area contributed by atoms with E-state index in [4.69, 9.17) is 44.3 Å². The van der Waals surface area contributed by atoms with E-state index in [1.165, 1.54) is 14.2 Å². The molecule has 0 aromatic heterocycles. The second kappa shape index (κ2) is 4.92. The molecular formula is C9H7Cl3O3. The smallest absolute Gasteiger partial charge is 0.158 e. The molecule has 0 N–H and O–H groups in total. The lowest BCUT2D eigenvalue weighted by Crippen LogP contribution is -1.97. The molecule has 0 fully saturated rings. The van der Waals surface area contributed by atoms with Crippen molar-refractivity contribution in [3.63, 3.8) is 0 Å². The Balaban J connectivity index is 3.64. The van der Waals surface area contributed by atoms with Crippen LogP contribution in [-0.4, -0.2) is 20.5 Å². The summed E-state index contributed by atoms with van der Waals surface area (Å²) in [7, 11) is 2.75. The lowest BCUT2D eigenvalue weighted by Gasteiger charge is -2.13. The molecule has 0 saturated heterocycles. The number of aldehydes is 1. The quantitative estimate of drug-likeness (QED) is 0.622. The number of carbonyl (C=O) groups is 1. The number of benzene rings is 1. The molecule has 0 aliphatic heterocycles. The van der Waals surface area contributed by atoms with Crippen molar-refractivity contribution >= 4 is 41.1 Å². The average Bonchev–Trinajstić information content (AvgIpc) is 2.23.